The lowest BCUT2D eigenvalue weighted by atomic mass is 10.2. The first-order chi connectivity index (χ1) is 12.6. The number of nitrogens with one attached hydrogen (secondary N) is 2. The van der Waals surface area contributed by atoms with Crippen molar-refractivity contribution in [2.45, 2.75) is 19.0 Å². The number of ether oxygens (including phenoxy) is 1. The van der Waals surface area contributed by atoms with E-state index in [1.54, 1.807) is 19.2 Å². The van der Waals surface area contributed by atoms with Crippen LogP contribution >= 0.6 is 0 Å². The van der Waals surface area contributed by atoms with E-state index in [0.29, 0.717) is 24.5 Å². The lowest BCUT2D eigenvalue weighted by molar-refractivity contribution is -0.117. The average Bonchev–Trinajstić information content (AvgIpc) is 3.00. The van der Waals surface area contributed by atoms with Crippen molar-refractivity contribution in [1.29, 1.82) is 0 Å². The number of benzene rings is 2. The van der Waals surface area contributed by atoms with Gasteiger partial charge in [0.15, 0.2) is 0 Å². The van der Waals surface area contributed by atoms with E-state index in [4.69, 9.17) is 4.74 Å². The Morgan fingerprint density at radius 2 is 2.08 bits per heavy atom. The summed E-state index contributed by atoms with van der Waals surface area (Å²) < 4.78 is 18.6. The first-order valence-corrected chi connectivity index (χ1v) is 8.29. The second-order valence-corrected chi connectivity index (χ2v) is 6.02. The molecular weight excluding hydrogens is 337 g/mol. The van der Waals surface area contributed by atoms with Gasteiger partial charge in [-0.25, -0.2) is 9.18 Å². The van der Waals surface area contributed by atoms with Crippen LogP contribution in [0.4, 0.5) is 14.9 Å². The highest BCUT2D eigenvalue weighted by Crippen LogP contribution is 2.22. The molecule has 6 nitrogen and oxygen atoms in total. The van der Waals surface area contributed by atoms with E-state index in [-0.39, 0.29) is 24.4 Å². The van der Waals surface area contributed by atoms with Gasteiger partial charge in [0, 0.05) is 30.8 Å². The van der Waals surface area contributed by atoms with Gasteiger partial charge in [0.25, 0.3) is 0 Å². The summed E-state index contributed by atoms with van der Waals surface area (Å²) in [6.07, 6.45) is 0.179. The first kappa shape index (κ1) is 17.7. The fourth-order valence-corrected chi connectivity index (χ4v) is 2.96. The van der Waals surface area contributed by atoms with Crippen LogP contribution in [0.2, 0.25) is 0 Å². The van der Waals surface area contributed by atoms with Crippen LogP contribution in [0.5, 0.6) is 5.75 Å². The van der Waals surface area contributed by atoms with E-state index < -0.39 is 5.82 Å². The van der Waals surface area contributed by atoms with Gasteiger partial charge in [-0.1, -0.05) is 24.3 Å². The van der Waals surface area contributed by atoms with Crippen molar-refractivity contribution < 1.29 is 18.7 Å². The van der Waals surface area contributed by atoms with Crippen LogP contribution in [0.1, 0.15) is 12.0 Å². The van der Waals surface area contributed by atoms with Gasteiger partial charge in [-0.05, 0) is 24.3 Å². The summed E-state index contributed by atoms with van der Waals surface area (Å²) in [7, 11) is 1.57. The Hall–Kier alpha value is -3.09. The summed E-state index contributed by atoms with van der Waals surface area (Å²) in [5.41, 5.74) is 1.35. The van der Waals surface area contributed by atoms with E-state index in [0.717, 1.165) is 5.56 Å². The Bertz CT molecular complexity index is 812. The van der Waals surface area contributed by atoms with Gasteiger partial charge in [0.1, 0.15) is 11.6 Å². The molecule has 2 aromatic carbocycles. The van der Waals surface area contributed by atoms with Gasteiger partial charge in [-0.15, -0.1) is 0 Å². The normalized spacial score (nSPS) is 16.5. The Morgan fingerprint density at radius 3 is 2.85 bits per heavy atom. The van der Waals surface area contributed by atoms with Crippen LogP contribution in [0.25, 0.3) is 0 Å². The van der Waals surface area contributed by atoms with Gasteiger partial charge in [-0.3, -0.25) is 4.79 Å². The number of nitrogens with zero attached hydrogens (tertiary/aromatic N) is 1. The number of rotatable bonds is 5. The van der Waals surface area contributed by atoms with Gasteiger partial charge in [-0.2, -0.15) is 0 Å². The first-order valence-electron chi connectivity index (χ1n) is 8.29. The van der Waals surface area contributed by atoms with Gasteiger partial charge in [0.05, 0.1) is 13.2 Å². The molecule has 0 spiro atoms. The third-order valence-electron chi connectivity index (χ3n) is 4.21. The highest BCUT2D eigenvalue weighted by Gasteiger charge is 2.31. The number of carbonyl (C=O) groups is 2. The zero-order chi connectivity index (χ0) is 18.5. The highest BCUT2D eigenvalue weighted by molar-refractivity contribution is 5.96. The number of hydrogen-bond donors (Lipinski definition) is 2. The number of carbonyl (C=O) groups excluding carboxylic acids is 2. The van der Waals surface area contributed by atoms with E-state index in [1.165, 1.54) is 17.0 Å². The largest absolute Gasteiger partial charge is 0.496 e. The molecule has 26 heavy (non-hydrogen) atoms. The van der Waals surface area contributed by atoms with E-state index >= 15 is 0 Å². The monoisotopic (exact) mass is 357 g/mol. The fourth-order valence-electron chi connectivity index (χ4n) is 2.96. The van der Waals surface area contributed by atoms with Crippen molar-refractivity contribution in [2.75, 3.05) is 18.6 Å². The Balaban J connectivity index is 1.54. The summed E-state index contributed by atoms with van der Waals surface area (Å²) in [5, 5.41) is 5.54. The zero-order valence-electron chi connectivity index (χ0n) is 14.4. The standard InChI is InChI=1S/C19H20FN3O3/c1-26-17-8-3-2-5-13(17)11-21-19(25)22-15-10-18(24)23(12-15)16-7-4-6-14(20)9-16/h2-9,15H,10-12H2,1H3,(H2,21,22,25). The number of amides is 3. The molecule has 3 amide bonds. The maximum Gasteiger partial charge on any atom is 0.315 e. The molecule has 1 fully saturated rings. The van der Waals surface area contributed by atoms with E-state index in [9.17, 15) is 14.0 Å². The van der Waals surface area contributed by atoms with Gasteiger partial charge < -0.3 is 20.3 Å². The molecule has 2 N–H and O–H groups in total. The fraction of sp³-hybridized carbons (Fsp3) is 0.263. The van der Waals surface area contributed by atoms with Gasteiger partial charge >= 0.3 is 6.03 Å². The van der Waals surface area contributed by atoms with E-state index in [1.807, 2.05) is 24.3 Å². The number of para-hydroxylation sites is 1. The number of methoxy groups -OCH3 is 1. The second-order valence-electron chi connectivity index (χ2n) is 6.02. The lowest BCUT2D eigenvalue weighted by Crippen LogP contribution is -2.43. The summed E-state index contributed by atoms with van der Waals surface area (Å²) in [6.45, 7) is 0.620. The minimum absolute atomic E-state index is 0.148. The SMILES string of the molecule is COc1ccccc1CNC(=O)NC1CC(=O)N(c2cccc(F)c2)C1. The quantitative estimate of drug-likeness (QED) is 0.863. The molecule has 0 aromatic heterocycles. The third-order valence-corrected chi connectivity index (χ3v) is 4.21. The smallest absolute Gasteiger partial charge is 0.315 e. The minimum Gasteiger partial charge on any atom is -0.496 e. The lowest BCUT2D eigenvalue weighted by Gasteiger charge is -2.17. The van der Waals surface area contributed by atoms with Crippen LogP contribution in [-0.4, -0.2) is 31.6 Å². The molecule has 2 aromatic rings. The third kappa shape index (κ3) is 4.11. The molecule has 0 saturated carbocycles. The van der Waals surface area contributed by atoms with Gasteiger partial charge in [0.2, 0.25) is 5.91 Å². The van der Waals surface area contributed by atoms with Crippen LogP contribution in [-0.2, 0) is 11.3 Å². The predicted octanol–water partition coefficient (Wildman–Crippen LogP) is 2.44. The number of hydrogen-bond acceptors (Lipinski definition) is 3. The molecule has 0 bridgehead atoms. The molecule has 1 aliphatic rings. The summed E-state index contributed by atoms with van der Waals surface area (Å²) in [6, 6.07) is 12.6. The van der Waals surface area contributed by atoms with Crippen molar-refractivity contribution >= 4 is 17.6 Å². The average molecular weight is 357 g/mol. The number of halogens is 1. The summed E-state index contributed by atoms with van der Waals surface area (Å²) in [4.78, 5) is 25.8. The Morgan fingerprint density at radius 1 is 1.27 bits per heavy atom. The molecule has 136 valence electrons. The van der Waals surface area contributed by atoms with Crippen LogP contribution in [0, 0.1) is 5.82 Å². The molecule has 1 saturated heterocycles. The predicted molar refractivity (Wildman–Crippen MR) is 95.5 cm³/mol. The topological polar surface area (TPSA) is 70.7 Å². The van der Waals surface area contributed by atoms with Crippen molar-refractivity contribution in [2.24, 2.45) is 0 Å². The van der Waals surface area contributed by atoms with Crippen LogP contribution < -0.4 is 20.3 Å². The second kappa shape index (κ2) is 7.86. The molecule has 3 rings (SSSR count). The van der Waals surface area contributed by atoms with Crippen molar-refractivity contribution in [3.63, 3.8) is 0 Å². The number of urea groups is 1. The maximum absolute atomic E-state index is 13.4. The molecule has 7 heteroatoms. The van der Waals surface area contributed by atoms with Crippen molar-refractivity contribution in [3.8, 4) is 5.75 Å². The zero-order valence-corrected chi connectivity index (χ0v) is 14.4. The molecule has 1 aliphatic heterocycles. The van der Waals surface area contributed by atoms with Crippen molar-refractivity contribution in [3.05, 3.63) is 59.9 Å². The van der Waals surface area contributed by atoms with Crippen molar-refractivity contribution in [1.82, 2.24) is 10.6 Å². The Kier molecular flexibility index (Phi) is 5.36. The molecule has 0 radical (unpaired) electrons. The molecule has 1 unspecified atom stereocenters. The van der Waals surface area contributed by atoms with E-state index in [2.05, 4.69) is 10.6 Å². The van der Waals surface area contributed by atoms with Crippen LogP contribution in [0.15, 0.2) is 48.5 Å². The molecule has 0 aliphatic carbocycles. The Labute approximate surface area is 150 Å². The highest BCUT2D eigenvalue weighted by atomic mass is 19.1. The maximum atomic E-state index is 13.4. The molecular formula is C19H20FN3O3. The molecule has 1 atom stereocenters. The summed E-state index contributed by atoms with van der Waals surface area (Å²) >= 11 is 0. The summed E-state index contributed by atoms with van der Waals surface area (Å²) in [5.74, 6) is 0.146. The number of anilines is 1. The molecule has 1 heterocycles. The van der Waals surface area contributed by atoms with Crippen LogP contribution in [0.3, 0.4) is 0 Å². The minimum atomic E-state index is -0.402.